The Hall–Kier alpha value is -0.960. The van der Waals surface area contributed by atoms with Gasteiger partial charge in [0.15, 0.2) is 0 Å². The molecule has 2 N–H and O–H groups in total. The topological polar surface area (TPSA) is 38.5 Å². The number of ether oxygens (including phenoxy) is 1. The Morgan fingerprint density at radius 3 is 2.55 bits per heavy atom. The lowest BCUT2D eigenvalue weighted by Gasteiger charge is -2.16. The molecule has 0 aromatic rings. The maximum atomic E-state index is 5.49. The van der Waals surface area contributed by atoms with Crippen molar-refractivity contribution in [2.45, 2.75) is 0 Å². The van der Waals surface area contributed by atoms with Crippen molar-refractivity contribution in [2.24, 2.45) is 5.73 Å². The first-order chi connectivity index (χ1) is 5.20. The second-order valence-corrected chi connectivity index (χ2v) is 2.80. The maximum absolute atomic E-state index is 5.49. The van der Waals surface area contributed by atoms with Gasteiger partial charge in [-0.15, -0.1) is 0 Å². The lowest BCUT2D eigenvalue weighted by molar-refractivity contribution is 0.186. The van der Waals surface area contributed by atoms with Crippen LogP contribution in [0.1, 0.15) is 0 Å². The summed E-state index contributed by atoms with van der Waals surface area (Å²) in [5.74, 6) is 0.826. The fourth-order valence-electron chi connectivity index (χ4n) is 0.717. The van der Waals surface area contributed by atoms with Gasteiger partial charge in [0.2, 0.25) is 0 Å². The standard InChI is InChI=1S/C8H14N2O/c1-10(2)5-6-11-8-4-3-7(8)9/h3-4H,5-6,9H2,1-2H3. The molecule has 0 aromatic heterocycles. The minimum atomic E-state index is 0.702. The Morgan fingerprint density at radius 2 is 2.18 bits per heavy atom. The summed E-state index contributed by atoms with van der Waals surface area (Å²) >= 11 is 0. The van der Waals surface area contributed by atoms with Crippen molar-refractivity contribution in [1.29, 1.82) is 0 Å². The lowest BCUT2D eigenvalue weighted by atomic mass is 10.2. The van der Waals surface area contributed by atoms with Crippen LogP contribution in [0.25, 0.3) is 0 Å². The average Bonchev–Trinajstić information content (AvgIpc) is 1.94. The molecule has 1 aliphatic carbocycles. The molecule has 0 heterocycles. The molecule has 0 amide bonds. The number of hydrogen-bond donors (Lipinski definition) is 1. The normalized spacial score (nSPS) is 15.5. The molecule has 0 atom stereocenters. The number of hydrogen-bond acceptors (Lipinski definition) is 3. The van der Waals surface area contributed by atoms with Crippen LogP contribution in [-0.2, 0) is 4.74 Å². The molecular weight excluding hydrogens is 140 g/mol. The molecule has 0 fully saturated rings. The van der Waals surface area contributed by atoms with Gasteiger partial charge in [0, 0.05) is 6.54 Å². The average molecular weight is 154 g/mol. The SMILES string of the molecule is CN(C)CCOC1=CC=C1N. The molecule has 0 aromatic carbocycles. The molecule has 3 heteroatoms. The van der Waals surface area contributed by atoms with Crippen molar-refractivity contribution in [3.8, 4) is 0 Å². The van der Waals surface area contributed by atoms with Crippen molar-refractivity contribution in [2.75, 3.05) is 27.2 Å². The van der Waals surface area contributed by atoms with Gasteiger partial charge >= 0.3 is 0 Å². The summed E-state index contributed by atoms with van der Waals surface area (Å²) in [5, 5.41) is 0. The molecular formula is C8H14N2O. The van der Waals surface area contributed by atoms with Crippen molar-refractivity contribution >= 4 is 0 Å². The van der Waals surface area contributed by atoms with E-state index >= 15 is 0 Å². The Kier molecular flexibility index (Phi) is 2.54. The minimum Gasteiger partial charge on any atom is -0.490 e. The molecule has 0 unspecified atom stereocenters. The summed E-state index contributed by atoms with van der Waals surface area (Å²) in [6, 6.07) is 0. The van der Waals surface area contributed by atoms with Gasteiger partial charge in [-0.2, -0.15) is 0 Å². The van der Waals surface area contributed by atoms with Crippen LogP contribution in [0.15, 0.2) is 23.6 Å². The highest BCUT2D eigenvalue weighted by Gasteiger charge is 2.07. The highest BCUT2D eigenvalue weighted by atomic mass is 16.5. The number of allylic oxidation sites excluding steroid dienone is 2. The van der Waals surface area contributed by atoms with E-state index in [4.69, 9.17) is 10.5 Å². The van der Waals surface area contributed by atoms with E-state index in [1.165, 1.54) is 0 Å². The highest BCUT2D eigenvalue weighted by Crippen LogP contribution is 2.14. The maximum Gasteiger partial charge on any atom is 0.142 e. The third-order valence-corrected chi connectivity index (χ3v) is 1.49. The zero-order valence-corrected chi connectivity index (χ0v) is 7.00. The minimum absolute atomic E-state index is 0.702. The van der Waals surface area contributed by atoms with Crippen LogP contribution in [0.3, 0.4) is 0 Å². The smallest absolute Gasteiger partial charge is 0.142 e. The molecule has 0 spiro atoms. The number of rotatable bonds is 4. The molecule has 0 aliphatic heterocycles. The van der Waals surface area contributed by atoms with Gasteiger partial charge < -0.3 is 15.4 Å². The first-order valence-corrected chi connectivity index (χ1v) is 3.65. The van der Waals surface area contributed by atoms with E-state index in [1.54, 1.807) is 0 Å². The molecule has 3 nitrogen and oxygen atoms in total. The van der Waals surface area contributed by atoms with Crippen LogP contribution < -0.4 is 5.73 Å². The molecule has 1 rings (SSSR count). The monoisotopic (exact) mass is 154 g/mol. The number of nitrogens with two attached hydrogens (primary N) is 1. The van der Waals surface area contributed by atoms with Crippen LogP contribution in [-0.4, -0.2) is 32.1 Å². The predicted molar refractivity (Wildman–Crippen MR) is 44.9 cm³/mol. The van der Waals surface area contributed by atoms with E-state index in [0.717, 1.165) is 18.0 Å². The Labute approximate surface area is 67.1 Å². The Bertz CT molecular complexity index is 194. The summed E-state index contributed by atoms with van der Waals surface area (Å²) < 4.78 is 5.33. The van der Waals surface area contributed by atoms with Gasteiger partial charge in [-0.3, -0.25) is 0 Å². The van der Waals surface area contributed by atoms with Crippen LogP contribution in [0.4, 0.5) is 0 Å². The predicted octanol–water partition coefficient (Wildman–Crippen LogP) is 0.305. The molecule has 0 radical (unpaired) electrons. The molecule has 0 saturated heterocycles. The van der Waals surface area contributed by atoms with Gasteiger partial charge in [0.1, 0.15) is 12.4 Å². The lowest BCUT2D eigenvalue weighted by Crippen LogP contribution is -2.20. The van der Waals surface area contributed by atoms with Gasteiger partial charge in [-0.1, -0.05) is 0 Å². The zero-order chi connectivity index (χ0) is 8.27. The molecule has 0 bridgehead atoms. The van der Waals surface area contributed by atoms with E-state index < -0.39 is 0 Å². The number of nitrogens with zero attached hydrogens (tertiary/aromatic N) is 1. The quantitative estimate of drug-likeness (QED) is 0.633. The van der Waals surface area contributed by atoms with Crippen LogP contribution in [0.5, 0.6) is 0 Å². The number of likely N-dealkylation sites (N-methyl/N-ethyl adjacent to an activating group) is 1. The molecule has 1 aliphatic rings. The second-order valence-electron chi connectivity index (χ2n) is 2.80. The second kappa shape index (κ2) is 3.44. The molecule has 11 heavy (non-hydrogen) atoms. The third kappa shape index (κ3) is 2.27. The van der Waals surface area contributed by atoms with Crippen molar-refractivity contribution in [3.05, 3.63) is 23.6 Å². The summed E-state index contributed by atoms with van der Waals surface area (Å²) in [5.41, 5.74) is 6.25. The van der Waals surface area contributed by atoms with Crippen LogP contribution in [0.2, 0.25) is 0 Å². The van der Waals surface area contributed by atoms with Crippen molar-refractivity contribution in [3.63, 3.8) is 0 Å². The van der Waals surface area contributed by atoms with E-state index in [-0.39, 0.29) is 0 Å². The van der Waals surface area contributed by atoms with Gasteiger partial charge in [-0.25, -0.2) is 0 Å². The fourth-order valence-corrected chi connectivity index (χ4v) is 0.717. The van der Waals surface area contributed by atoms with E-state index in [9.17, 15) is 0 Å². The van der Waals surface area contributed by atoms with Crippen LogP contribution in [0, 0.1) is 0 Å². The fraction of sp³-hybridized carbons (Fsp3) is 0.500. The summed E-state index contributed by atoms with van der Waals surface area (Å²) in [6.45, 7) is 1.62. The van der Waals surface area contributed by atoms with E-state index in [1.807, 2.05) is 26.2 Å². The van der Waals surface area contributed by atoms with Crippen molar-refractivity contribution < 1.29 is 4.74 Å². The van der Waals surface area contributed by atoms with Crippen molar-refractivity contribution in [1.82, 2.24) is 4.90 Å². The largest absolute Gasteiger partial charge is 0.490 e. The van der Waals surface area contributed by atoms with Gasteiger partial charge in [-0.05, 0) is 26.2 Å². The Balaban J connectivity index is 2.05. The zero-order valence-electron chi connectivity index (χ0n) is 7.00. The molecule has 0 saturated carbocycles. The first-order valence-electron chi connectivity index (χ1n) is 3.65. The van der Waals surface area contributed by atoms with Crippen LogP contribution >= 0.6 is 0 Å². The molecule has 62 valence electrons. The summed E-state index contributed by atoms with van der Waals surface area (Å²) in [4.78, 5) is 2.07. The third-order valence-electron chi connectivity index (χ3n) is 1.49. The van der Waals surface area contributed by atoms with E-state index in [2.05, 4.69) is 4.90 Å². The van der Waals surface area contributed by atoms with E-state index in [0.29, 0.717) is 6.61 Å². The van der Waals surface area contributed by atoms with Gasteiger partial charge in [0.05, 0.1) is 5.70 Å². The van der Waals surface area contributed by atoms with Gasteiger partial charge in [0.25, 0.3) is 0 Å². The Morgan fingerprint density at radius 1 is 1.45 bits per heavy atom. The first kappa shape index (κ1) is 8.14. The highest BCUT2D eigenvalue weighted by molar-refractivity contribution is 5.38. The summed E-state index contributed by atoms with van der Waals surface area (Å²) in [7, 11) is 4.02. The summed E-state index contributed by atoms with van der Waals surface area (Å²) in [6.07, 6.45) is 3.72.